The van der Waals surface area contributed by atoms with Gasteiger partial charge in [0.15, 0.2) is 0 Å². The van der Waals surface area contributed by atoms with Gasteiger partial charge in [0, 0.05) is 48.3 Å². The van der Waals surface area contributed by atoms with E-state index in [1.54, 1.807) is 0 Å². The third kappa shape index (κ3) is 6.78. The number of anilines is 3. The molecule has 308 valence electrons. The van der Waals surface area contributed by atoms with Crippen LogP contribution < -0.4 is 4.90 Å². The number of hydrogen-bond donors (Lipinski definition) is 0. The summed E-state index contributed by atoms with van der Waals surface area (Å²) in [5.41, 5.74) is 14.6. The van der Waals surface area contributed by atoms with E-state index in [1.165, 1.54) is 92.2 Å². The summed E-state index contributed by atoms with van der Waals surface area (Å²) in [4.78, 5) is 2.57. The summed E-state index contributed by atoms with van der Waals surface area (Å²) in [5, 5.41) is 6.25. The summed E-state index contributed by atoms with van der Waals surface area (Å²) < 4.78 is 8.94. The smallest absolute Gasteiger partial charge is 0.135 e. The molecule has 0 spiro atoms. The second kappa shape index (κ2) is 15.0. The number of benzene rings is 8. The van der Waals surface area contributed by atoms with E-state index in [-0.39, 0.29) is 16.7 Å². The molecule has 1 atom stereocenters. The summed E-state index contributed by atoms with van der Waals surface area (Å²) in [6.45, 7) is 14.0. The summed E-state index contributed by atoms with van der Waals surface area (Å²) in [6, 6.07) is 63.3. The highest BCUT2D eigenvalue weighted by Gasteiger charge is 2.29. The molecule has 0 saturated heterocycles. The van der Waals surface area contributed by atoms with E-state index < -0.39 is 0 Å². The Labute approximate surface area is 374 Å². The van der Waals surface area contributed by atoms with Crippen LogP contribution in [0.5, 0.6) is 0 Å². The molecule has 0 aliphatic heterocycles. The summed E-state index contributed by atoms with van der Waals surface area (Å²) >= 11 is 1.87. The van der Waals surface area contributed by atoms with Gasteiger partial charge in [0.05, 0.1) is 11.4 Å². The molecular weight excluding hydrogens is 783 g/mol. The van der Waals surface area contributed by atoms with Gasteiger partial charge >= 0.3 is 0 Å². The molecule has 1 aliphatic carbocycles. The Balaban J connectivity index is 1.17. The van der Waals surface area contributed by atoms with E-state index in [0.717, 1.165) is 23.5 Å². The van der Waals surface area contributed by atoms with E-state index in [1.807, 2.05) is 11.3 Å². The Morgan fingerprint density at radius 1 is 0.524 bits per heavy atom. The van der Waals surface area contributed by atoms with Crippen LogP contribution in [0.25, 0.3) is 70.2 Å². The molecule has 0 saturated carbocycles. The lowest BCUT2D eigenvalue weighted by atomic mass is 9.78. The van der Waals surface area contributed by atoms with Crippen LogP contribution >= 0.6 is 11.3 Å². The Kier molecular flexibility index (Phi) is 9.33. The first-order chi connectivity index (χ1) is 30.5. The predicted octanol–water partition coefficient (Wildman–Crippen LogP) is 17.7. The maximum absolute atomic E-state index is 6.36. The quantitative estimate of drug-likeness (QED) is 0.166. The Bertz CT molecular complexity index is 3380. The van der Waals surface area contributed by atoms with Crippen LogP contribution in [0.15, 0.2) is 180 Å². The van der Waals surface area contributed by atoms with Crippen molar-refractivity contribution < 1.29 is 4.42 Å². The zero-order valence-electron chi connectivity index (χ0n) is 36.9. The summed E-state index contributed by atoms with van der Waals surface area (Å²) in [5.74, 6) is 1.11. The van der Waals surface area contributed by atoms with Gasteiger partial charge in [-0.05, 0) is 104 Å². The molecule has 0 amide bonds. The van der Waals surface area contributed by atoms with Crippen molar-refractivity contribution in [2.75, 3.05) is 4.90 Å². The molecule has 0 fully saturated rings. The average Bonchev–Trinajstić information content (AvgIpc) is 3.87. The van der Waals surface area contributed by atoms with Gasteiger partial charge in [0.1, 0.15) is 11.3 Å². The van der Waals surface area contributed by atoms with Crippen molar-refractivity contribution in [2.45, 2.75) is 64.7 Å². The van der Waals surface area contributed by atoms with Gasteiger partial charge in [-0.1, -0.05) is 181 Å². The number of thiophene rings is 1. The van der Waals surface area contributed by atoms with Gasteiger partial charge in [-0.15, -0.1) is 11.3 Å². The van der Waals surface area contributed by atoms with Gasteiger partial charge < -0.3 is 9.32 Å². The zero-order valence-corrected chi connectivity index (χ0v) is 37.7. The highest BCUT2D eigenvalue weighted by atomic mass is 32.1. The fraction of sp³-hybridized carbons (Fsp3) is 0.167. The van der Waals surface area contributed by atoms with Gasteiger partial charge in [0.2, 0.25) is 0 Å². The molecule has 10 aromatic rings. The van der Waals surface area contributed by atoms with Crippen LogP contribution in [0.3, 0.4) is 0 Å². The first-order valence-electron chi connectivity index (χ1n) is 22.3. The van der Waals surface area contributed by atoms with Crippen molar-refractivity contribution in [1.82, 2.24) is 0 Å². The molecule has 11 rings (SSSR count). The Morgan fingerprint density at radius 2 is 1.13 bits per heavy atom. The van der Waals surface area contributed by atoms with E-state index in [9.17, 15) is 0 Å². The molecule has 1 aliphatic rings. The van der Waals surface area contributed by atoms with Crippen LogP contribution in [0, 0.1) is 0 Å². The molecular formula is C60H51NOS. The zero-order chi connectivity index (χ0) is 43.0. The molecule has 0 N–H and O–H groups in total. The van der Waals surface area contributed by atoms with Crippen LogP contribution in [-0.2, 0) is 17.3 Å². The molecule has 0 radical (unpaired) electrons. The van der Waals surface area contributed by atoms with Gasteiger partial charge in [-0.3, -0.25) is 0 Å². The van der Waals surface area contributed by atoms with E-state index in [0.29, 0.717) is 0 Å². The first-order valence-corrected chi connectivity index (χ1v) is 23.1. The van der Waals surface area contributed by atoms with Crippen molar-refractivity contribution in [3.05, 3.63) is 204 Å². The van der Waals surface area contributed by atoms with E-state index in [4.69, 9.17) is 4.42 Å². The van der Waals surface area contributed by atoms with Crippen molar-refractivity contribution >= 4 is 76.4 Å². The van der Waals surface area contributed by atoms with Gasteiger partial charge in [-0.25, -0.2) is 0 Å². The van der Waals surface area contributed by atoms with Crippen molar-refractivity contribution in [3.63, 3.8) is 0 Å². The minimum atomic E-state index is -0.00341. The number of fused-ring (bicyclic) bond motifs is 7. The Morgan fingerprint density at radius 3 is 1.90 bits per heavy atom. The molecule has 0 bridgehead atoms. The standard InChI is InChI=1S/C60H51NOS/c1-59(2,3)41-34-40(35-42(37-41)60(4,5)6)44-24-15-18-38-19-16-25-47(57(38)44)45-21-8-12-27-51(45)61(52-28-17-31-56-58(52)48-23-10-14-30-55(48)63-56)50-26-11-7-20-43(50)39-32-33-54-49(36-39)46-22-9-13-29-53(46)62-54/h7-35,37,39H,36H2,1-6H3. The number of furan rings is 1. The minimum Gasteiger partial charge on any atom is -0.456 e. The second-order valence-electron chi connectivity index (χ2n) is 19.3. The highest BCUT2D eigenvalue weighted by molar-refractivity contribution is 7.26. The third-order valence-corrected chi connectivity index (χ3v) is 14.3. The maximum atomic E-state index is 6.36. The van der Waals surface area contributed by atoms with E-state index >= 15 is 0 Å². The largest absolute Gasteiger partial charge is 0.456 e. The van der Waals surface area contributed by atoms with Crippen LogP contribution in [0.2, 0.25) is 0 Å². The minimum absolute atomic E-state index is 0.00341. The van der Waals surface area contributed by atoms with Crippen LogP contribution in [-0.4, -0.2) is 0 Å². The molecule has 3 heteroatoms. The number of nitrogens with zero attached hydrogens (tertiary/aromatic N) is 1. The summed E-state index contributed by atoms with van der Waals surface area (Å²) in [6.07, 6.45) is 5.41. The molecule has 8 aromatic carbocycles. The number of hydrogen-bond acceptors (Lipinski definition) is 3. The lowest BCUT2D eigenvalue weighted by molar-refractivity contribution is 0.569. The molecule has 1 unspecified atom stereocenters. The fourth-order valence-corrected chi connectivity index (χ4v) is 11.0. The average molecular weight is 834 g/mol. The SMILES string of the molecule is CC(C)(C)c1cc(-c2cccc3cccc(-c4ccccc4N(c4ccccc4C4C=Cc5oc6ccccc6c5C4)c4cccc5sc6ccccc6c45)c23)cc(C(C)(C)C)c1. The first kappa shape index (κ1) is 39.2. The predicted molar refractivity (Wildman–Crippen MR) is 271 cm³/mol. The van der Waals surface area contributed by atoms with Crippen LogP contribution in [0.1, 0.15) is 75.5 Å². The van der Waals surface area contributed by atoms with Crippen molar-refractivity contribution in [1.29, 1.82) is 0 Å². The normalized spacial score (nSPS) is 14.2. The maximum Gasteiger partial charge on any atom is 0.135 e. The van der Waals surface area contributed by atoms with Crippen molar-refractivity contribution in [3.8, 4) is 22.3 Å². The second-order valence-corrected chi connectivity index (χ2v) is 20.4. The van der Waals surface area contributed by atoms with Gasteiger partial charge in [0.25, 0.3) is 0 Å². The lowest BCUT2D eigenvalue weighted by Crippen LogP contribution is -2.16. The molecule has 63 heavy (non-hydrogen) atoms. The van der Waals surface area contributed by atoms with Crippen LogP contribution in [0.4, 0.5) is 17.1 Å². The van der Waals surface area contributed by atoms with Crippen molar-refractivity contribution in [2.24, 2.45) is 0 Å². The molecule has 2 heterocycles. The topological polar surface area (TPSA) is 16.4 Å². The Hall–Kier alpha value is -6.68. The third-order valence-electron chi connectivity index (χ3n) is 13.1. The lowest BCUT2D eigenvalue weighted by Gasteiger charge is -2.32. The highest BCUT2D eigenvalue weighted by Crippen LogP contribution is 2.51. The van der Waals surface area contributed by atoms with E-state index in [2.05, 4.69) is 228 Å². The molecule has 2 nitrogen and oxygen atoms in total. The number of para-hydroxylation sites is 3. The number of rotatable bonds is 6. The van der Waals surface area contributed by atoms with Gasteiger partial charge in [-0.2, -0.15) is 0 Å². The number of allylic oxidation sites excluding steroid dienone is 1. The fourth-order valence-electron chi connectivity index (χ4n) is 9.86. The summed E-state index contributed by atoms with van der Waals surface area (Å²) in [7, 11) is 0. The molecule has 2 aromatic heterocycles. The monoisotopic (exact) mass is 833 g/mol.